The summed E-state index contributed by atoms with van der Waals surface area (Å²) in [6.07, 6.45) is -1.50. The summed E-state index contributed by atoms with van der Waals surface area (Å²) in [5, 5.41) is 11.5. The van der Waals surface area contributed by atoms with Gasteiger partial charge in [-0.05, 0) is 19.2 Å². The lowest BCUT2D eigenvalue weighted by molar-refractivity contribution is -0.192. The zero-order chi connectivity index (χ0) is 18.4. The number of likely N-dealkylation sites (N-methyl/N-ethyl adjacent to an activating group) is 1. The number of fused-ring (bicyclic) bond motifs is 1. The fraction of sp³-hybridized carbons (Fsp3) is 0.400. The Hall–Kier alpha value is -2.62. The van der Waals surface area contributed by atoms with Crippen molar-refractivity contribution < 1.29 is 27.8 Å². The molecule has 2 aromatic heterocycles. The van der Waals surface area contributed by atoms with E-state index in [-0.39, 0.29) is 6.04 Å². The van der Waals surface area contributed by atoms with Gasteiger partial charge >= 0.3 is 12.1 Å². The zero-order valence-corrected chi connectivity index (χ0v) is 13.3. The maximum absolute atomic E-state index is 10.6. The van der Waals surface area contributed by atoms with E-state index in [2.05, 4.69) is 32.8 Å². The predicted molar refractivity (Wildman–Crippen MR) is 81.0 cm³/mol. The topological polar surface area (TPSA) is 80.5 Å². The van der Waals surface area contributed by atoms with Gasteiger partial charge in [0.15, 0.2) is 0 Å². The van der Waals surface area contributed by atoms with Crippen LogP contribution in [0.2, 0.25) is 0 Å². The summed E-state index contributed by atoms with van der Waals surface area (Å²) in [4.78, 5) is 15.3. The van der Waals surface area contributed by atoms with Crippen LogP contribution >= 0.6 is 0 Å². The average molecular weight is 358 g/mol. The zero-order valence-electron chi connectivity index (χ0n) is 13.3. The third-order valence-corrected chi connectivity index (χ3v) is 3.36. The van der Waals surface area contributed by atoms with Crippen molar-refractivity contribution in [3.8, 4) is 5.88 Å². The van der Waals surface area contributed by atoms with Gasteiger partial charge in [0, 0.05) is 31.5 Å². The number of alkyl halides is 3. The molecule has 0 aliphatic carbocycles. The Bertz CT molecular complexity index is 691. The van der Waals surface area contributed by atoms with Crippen LogP contribution in [0, 0.1) is 0 Å². The van der Waals surface area contributed by atoms with Crippen molar-refractivity contribution in [1.82, 2.24) is 19.7 Å². The van der Waals surface area contributed by atoms with Crippen molar-refractivity contribution >= 4 is 5.97 Å². The lowest BCUT2D eigenvalue weighted by Gasteiger charge is -2.31. The van der Waals surface area contributed by atoms with Gasteiger partial charge in [-0.3, -0.25) is 9.58 Å². The highest BCUT2D eigenvalue weighted by Crippen LogP contribution is 2.19. The Balaban J connectivity index is 0.000000277. The molecule has 0 bridgehead atoms. The third-order valence-electron chi connectivity index (χ3n) is 3.36. The third kappa shape index (κ3) is 5.45. The molecule has 2 aromatic rings. The first kappa shape index (κ1) is 18.7. The number of aliphatic carboxylic acids is 1. The summed E-state index contributed by atoms with van der Waals surface area (Å²) in [5.41, 5.74) is 1.23. The minimum Gasteiger partial charge on any atom is -0.475 e. The number of nitrogens with zero attached hydrogens (tertiary/aromatic N) is 4. The van der Waals surface area contributed by atoms with Crippen molar-refractivity contribution in [2.75, 3.05) is 20.2 Å². The van der Waals surface area contributed by atoms with E-state index in [9.17, 15) is 13.2 Å². The molecule has 7 nitrogen and oxygen atoms in total. The van der Waals surface area contributed by atoms with Gasteiger partial charge < -0.3 is 9.84 Å². The molecule has 0 fully saturated rings. The summed E-state index contributed by atoms with van der Waals surface area (Å²) in [7, 11) is 2.12. The van der Waals surface area contributed by atoms with Crippen LogP contribution in [0.4, 0.5) is 13.2 Å². The second-order valence-corrected chi connectivity index (χ2v) is 5.40. The lowest BCUT2D eigenvalue weighted by atomic mass is 10.2. The Morgan fingerprint density at radius 2 is 2.08 bits per heavy atom. The van der Waals surface area contributed by atoms with Crippen LogP contribution in [-0.2, 0) is 11.3 Å². The van der Waals surface area contributed by atoms with E-state index < -0.39 is 12.1 Å². The Morgan fingerprint density at radius 3 is 2.68 bits per heavy atom. The van der Waals surface area contributed by atoms with E-state index in [4.69, 9.17) is 14.6 Å². The number of aromatic nitrogens is 3. The number of carbonyl (C=O) groups is 1. The first-order valence-electron chi connectivity index (χ1n) is 7.32. The highest BCUT2D eigenvalue weighted by molar-refractivity contribution is 5.73. The fourth-order valence-corrected chi connectivity index (χ4v) is 2.31. The standard InChI is InChI=1S/C13H16N4O.C2HF3O2/c1-16-8-11-5-7-15-17(11)12(9-16)10-18-13-4-2-3-6-14-13;3-2(4,5)1(6)7/h2-7,12H,8-10H2,1H3;(H,6,7). The Morgan fingerprint density at radius 1 is 1.36 bits per heavy atom. The number of pyridine rings is 1. The number of rotatable bonds is 3. The van der Waals surface area contributed by atoms with Crippen molar-refractivity contribution in [1.29, 1.82) is 0 Å². The molecule has 3 rings (SSSR count). The van der Waals surface area contributed by atoms with Crippen LogP contribution in [0.1, 0.15) is 11.7 Å². The molecule has 0 radical (unpaired) electrons. The largest absolute Gasteiger partial charge is 0.490 e. The maximum Gasteiger partial charge on any atom is 0.490 e. The van der Waals surface area contributed by atoms with Crippen LogP contribution in [-0.4, -0.2) is 57.1 Å². The van der Waals surface area contributed by atoms with Gasteiger partial charge in [0.25, 0.3) is 0 Å². The molecule has 136 valence electrons. The second kappa shape index (κ2) is 7.97. The number of hydrogen-bond acceptors (Lipinski definition) is 5. The lowest BCUT2D eigenvalue weighted by Crippen LogP contribution is -2.37. The average Bonchev–Trinajstić information content (AvgIpc) is 3.01. The molecule has 0 aromatic carbocycles. The van der Waals surface area contributed by atoms with E-state index in [0.29, 0.717) is 12.5 Å². The molecular formula is C15H17F3N4O3. The van der Waals surface area contributed by atoms with Gasteiger partial charge in [-0.1, -0.05) is 6.07 Å². The summed E-state index contributed by atoms with van der Waals surface area (Å²) in [6, 6.07) is 7.98. The number of carboxylic acid groups (broad SMARTS) is 1. The maximum atomic E-state index is 10.6. The molecule has 0 spiro atoms. The van der Waals surface area contributed by atoms with Gasteiger partial charge in [-0.25, -0.2) is 9.78 Å². The second-order valence-electron chi connectivity index (χ2n) is 5.40. The normalized spacial score (nSPS) is 17.2. The molecule has 0 saturated carbocycles. The van der Waals surface area contributed by atoms with E-state index in [1.807, 2.05) is 24.4 Å². The van der Waals surface area contributed by atoms with Gasteiger partial charge in [0.05, 0.1) is 11.7 Å². The number of hydrogen-bond donors (Lipinski definition) is 1. The molecule has 1 aliphatic heterocycles. The molecule has 0 amide bonds. The number of halogens is 3. The van der Waals surface area contributed by atoms with E-state index in [1.54, 1.807) is 6.20 Å². The van der Waals surface area contributed by atoms with Crippen molar-refractivity contribution in [2.45, 2.75) is 18.8 Å². The van der Waals surface area contributed by atoms with Crippen LogP contribution < -0.4 is 4.74 Å². The highest BCUT2D eigenvalue weighted by atomic mass is 19.4. The molecule has 10 heteroatoms. The summed E-state index contributed by atoms with van der Waals surface area (Å²) in [6.45, 7) is 2.48. The molecule has 25 heavy (non-hydrogen) atoms. The summed E-state index contributed by atoms with van der Waals surface area (Å²) in [5.74, 6) is -2.09. The predicted octanol–water partition coefficient (Wildman–Crippen LogP) is 1.98. The van der Waals surface area contributed by atoms with Crippen LogP contribution in [0.5, 0.6) is 5.88 Å². The first-order valence-corrected chi connectivity index (χ1v) is 7.32. The molecule has 1 unspecified atom stereocenters. The van der Waals surface area contributed by atoms with Crippen LogP contribution in [0.25, 0.3) is 0 Å². The van der Waals surface area contributed by atoms with Crippen molar-refractivity contribution in [3.63, 3.8) is 0 Å². The van der Waals surface area contributed by atoms with E-state index in [1.165, 1.54) is 5.69 Å². The molecule has 0 saturated heterocycles. The van der Waals surface area contributed by atoms with Crippen molar-refractivity contribution in [2.24, 2.45) is 0 Å². The molecular weight excluding hydrogens is 341 g/mol. The summed E-state index contributed by atoms with van der Waals surface area (Å²) >= 11 is 0. The Labute approximate surface area is 141 Å². The quantitative estimate of drug-likeness (QED) is 0.904. The Kier molecular flexibility index (Phi) is 5.97. The van der Waals surface area contributed by atoms with Crippen LogP contribution in [0.3, 0.4) is 0 Å². The van der Waals surface area contributed by atoms with E-state index in [0.717, 1.165) is 13.1 Å². The molecule has 1 aliphatic rings. The SMILES string of the molecule is CN1Cc2ccnn2C(COc2ccccn2)C1.O=C(O)C(F)(F)F. The fourth-order valence-electron chi connectivity index (χ4n) is 2.31. The van der Waals surface area contributed by atoms with E-state index >= 15 is 0 Å². The highest BCUT2D eigenvalue weighted by Gasteiger charge is 2.38. The monoisotopic (exact) mass is 358 g/mol. The van der Waals surface area contributed by atoms with Crippen molar-refractivity contribution in [3.05, 3.63) is 42.4 Å². The van der Waals surface area contributed by atoms with Gasteiger partial charge in [-0.15, -0.1) is 0 Å². The van der Waals surface area contributed by atoms with Gasteiger partial charge in [-0.2, -0.15) is 18.3 Å². The number of carboxylic acids is 1. The molecule has 3 heterocycles. The first-order chi connectivity index (χ1) is 11.8. The molecule has 1 N–H and O–H groups in total. The minimum absolute atomic E-state index is 0.246. The van der Waals surface area contributed by atoms with Crippen LogP contribution in [0.15, 0.2) is 36.7 Å². The smallest absolute Gasteiger partial charge is 0.475 e. The number of ether oxygens (including phenoxy) is 1. The van der Waals surface area contributed by atoms with Gasteiger partial charge in [0.1, 0.15) is 6.61 Å². The summed E-state index contributed by atoms with van der Waals surface area (Å²) < 4.78 is 39.5. The molecule has 1 atom stereocenters. The van der Waals surface area contributed by atoms with Gasteiger partial charge in [0.2, 0.25) is 5.88 Å². The minimum atomic E-state index is -5.08.